The van der Waals surface area contributed by atoms with Crippen molar-refractivity contribution in [3.8, 4) is 0 Å². The molecule has 2 aromatic rings. The van der Waals surface area contributed by atoms with Crippen LogP contribution in [0.5, 0.6) is 0 Å². The Morgan fingerprint density at radius 2 is 1.71 bits per heavy atom. The van der Waals surface area contributed by atoms with Gasteiger partial charge in [0.15, 0.2) is 0 Å². The van der Waals surface area contributed by atoms with Crippen molar-refractivity contribution < 1.29 is 18.0 Å². The molecule has 0 spiro atoms. The zero-order valence-electron chi connectivity index (χ0n) is 26.1. The van der Waals surface area contributed by atoms with Crippen molar-refractivity contribution >= 4 is 33.4 Å². The number of carbonyl (C=O) groups is 2. The van der Waals surface area contributed by atoms with Gasteiger partial charge in [-0.1, -0.05) is 67.3 Å². The van der Waals surface area contributed by atoms with Gasteiger partial charge in [0.1, 0.15) is 6.04 Å². The van der Waals surface area contributed by atoms with Crippen LogP contribution in [0.1, 0.15) is 61.3 Å². The number of piperazine rings is 1. The third kappa shape index (κ3) is 9.73. The Balaban J connectivity index is 1.24. The lowest BCUT2D eigenvalue weighted by Crippen LogP contribution is -2.60. The minimum Gasteiger partial charge on any atom is -0.344 e. The summed E-state index contributed by atoms with van der Waals surface area (Å²) in [5.74, 6) is 0.239. The number of hydrogen-bond acceptors (Lipinski definition) is 7. The van der Waals surface area contributed by atoms with Gasteiger partial charge in [-0.15, -0.1) is 0 Å². The van der Waals surface area contributed by atoms with Crippen molar-refractivity contribution in [3.63, 3.8) is 0 Å². The van der Waals surface area contributed by atoms with Crippen LogP contribution in [-0.4, -0.2) is 87.6 Å². The second-order valence-corrected chi connectivity index (χ2v) is 14.9. The van der Waals surface area contributed by atoms with Crippen LogP contribution in [0, 0.1) is 5.92 Å². The van der Waals surface area contributed by atoms with E-state index in [1.807, 2.05) is 29.2 Å². The molecule has 2 unspecified atom stereocenters. The average molecular weight is 659 g/mol. The second kappa shape index (κ2) is 15.8. The lowest BCUT2D eigenvalue weighted by molar-refractivity contribution is -0.138. The predicted octanol–water partition coefficient (Wildman–Crippen LogP) is 2.79. The highest BCUT2D eigenvalue weighted by Crippen LogP contribution is 2.30. The van der Waals surface area contributed by atoms with Crippen LogP contribution in [0.25, 0.3) is 0 Å². The average Bonchev–Trinajstić information content (AvgIpc) is 3.04. The summed E-state index contributed by atoms with van der Waals surface area (Å²) in [5, 5.41) is 7.19. The molecule has 2 heterocycles. The molecule has 3 aliphatic rings. The van der Waals surface area contributed by atoms with E-state index in [9.17, 15) is 18.0 Å². The highest BCUT2D eigenvalue weighted by atomic mass is 35.5. The second-order valence-electron chi connectivity index (χ2n) is 12.7. The number of sulfonamides is 1. The van der Waals surface area contributed by atoms with Gasteiger partial charge in [0.05, 0.1) is 6.26 Å². The molecule has 10 nitrogen and oxygen atoms in total. The number of amides is 2. The first-order chi connectivity index (χ1) is 21.7. The lowest BCUT2D eigenvalue weighted by atomic mass is 9.83. The van der Waals surface area contributed by atoms with E-state index < -0.39 is 16.1 Å². The molecule has 2 fully saturated rings. The van der Waals surface area contributed by atoms with Gasteiger partial charge >= 0.3 is 0 Å². The van der Waals surface area contributed by atoms with E-state index in [0.717, 1.165) is 43.2 Å². The van der Waals surface area contributed by atoms with E-state index in [1.54, 1.807) is 12.1 Å². The Bertz CT molecular complexity index is 1390. The minimum absolute atomic E-state index is 0.0824. The number of rotatable bonds is 12. The van der Waals surface area contributed by atoms with Crippen LogP contribution < -0.4 is 20.9 Å². The van der Waals surface area contributed by atoms with Crippen molar-refractivity contribution in [2.75, 3.05) is 45.5 Å². The lowest BCUT2D eigenvalue weighted by Gasteiger charge is -2.44. The molecule has 12 heteroatoms. The van der Waals surface area contributed by atoms with E-state index in [1.165, 1.54) is 24.8 Å². The summed E-state index contributed by atoms with van der Waals surface area (Å²) in [4.78, 5) is 34.2. The Labute approximate surface area is 272 Å². The van der Waals surface area contributed by atoms with Gasteiger partial charge in [-0.05, 0) is 60.5 Å². The molecular weight excluding hydrogens is 612 g/mol. The number of halogens is 1. The summed E-state index contributed by atoms with van der Waals surface area (Å²) in [6.07, 6.45) is 8.58. The fourth-order valence-corrected chi connectivity index (χ4v) is 7.63. The Morgan fingerprint density at radius 3 is 2.42 bits per heavy atom. The fraction of sp³-hybridized carbons (Fsp3) is 0.576. The first kappa shape index (κ1) is 33.8. The predicted molar refractivity (Wildman–Crippen MR) is 177 cm³/mol. The third-order valence-corrected chi connectivity index (χ3v) is 10.2. The van der Waals surface area contributed by atoms with Gasteiger partial charge in [-0.2, -0.15) is 4.83 Å². The van der Waals surface area contributed by atoms with E-state index in [0.29, 0.717) is 50.1 Å². The van der Waals surface area contributed by atoms with Gasteiger partial charge in [0, 0.05) is 62.7 Å². The van der Waals surface area contributed by atoms with Crippen molar-refractivity contribution in [1.82, 2.24) is 30.7 Å². The van der Waals surface area contributed by atoms with Crippen molar-refractivity contribution in [2.24, 2.45) is 5.92 Å². The zero-order valence-corrected chi connectivity index (χ0v) is 27.7. The molecule has 0 radical (unpaired) electrons. The van der Waals surface area contributed by atoms with Crippen LogP contribution >= 0.6 is 11.6 Å². The van der Waals surface area contributed by atoms with Crippen molar-refractivity contribution in [3.05, 3.63) is 70.2 Å². The monoisotopic (exact) mass is 658 g/mol. The van der Waals surface area contributed by atoms with E-state index in [2.05, 4.69) is 37.9 Å². The smallest absolute Gasteiger partial charge is 0.245 e. The maximum Gasteiger partial charge on any atom is 0.245 e. The van der Waals surface area contributed by atoms with Gasteiger partial charge in [-0.3, -0.25) is 14.5 Å². The van der Waals surface area contributed by atoms with Crippen LogP contribution in [0.3, 0.4) is 0 Å². The molecule has 0 bridgehead atoms. The van der Waals surface area contributed by atoms with Crippen LogP contribution in [0.4, 0.5) is 0 Å². The summed E-state index contributed by atoms with van der Waals surface area (Å²) < 4.78 is 23.3. The number of hydrogen-bond donors (Lipinski definition) is 4. The van der Waals surface area contributed by atoms with Gasteiger partial charge < -0.3 is 15.5 Å². The summed E-state index contributed by atoms with van der Waals surface area (Å²) in [6.45, 7) is 3.81. The number of benzene rings is 2. The highest BCUT2D eigenvalue weighted by Gasteiger charge is 2.34. The van der Waals surface area contributed by atoms with E-state index in [-0.39, 0.29) is 30.3 Å². The normalized spacial score (nSPS) is 21.1. The summed E-state index contributed by atoms with van der Waals surface area (Å²) in [6, 6.07) is 15.0. The fourth-order valence-electron chi connectivity index (χ4n) is 7.15. The summed E-state index contributed by atoms with van der Waals surface area (Å²) in [7, 11) is -3.35. The zero-order chi connectivity index (χ0) is 31.8. The minimum atomic E-state index is -3.35. The SMILES string of the molecule is CS(=O)(=O)NNCC(C1CCCCC1)N1CCN(C(=O)[C@@H](Cc2ccc(Cl)cc2)NC(=O)CC2NCCc3ccccc32)CC1. The molecule has 4 N–H and O–H groups in total. The topological polar surface area (TPSA) is 123 Å². The molecule has 5 rings (SSSR count). The van der Waals surface area contributed by atoms with Crippen LogP contribution in [0.2, 0.25) is 5.02 Å². The molecule has 3 atom stereocenters. The number of nitrogens with one attached hydrogen (secondary N) is 4. The van der Waals surface area contributed by atoms with E-state index >= 15 is 0 Å². The molecule has 1 saturated carbocycles. The van der Waals surface area contributed by atoms with Gasteiger partial charge in [-0.25, -0.2) is 13.8 Å². The Hall–Kier alpha value is -2.54. The standard InChI is InChI=1S/C33H47ClN6O4S/c1-45(43,44)38-36-23-31(26-8-3-2-4-9-26)39-17-19-40(20-18-39)33(42)30(21-24-11-13-27(34)14-12-24)37-32(41)22-29-28-10-6-5-7-25(28)15-16-35-29/h5-7,10-14,26,29-31,35-36,38H,2-4,8-9,15-23H2,1H3,(H,37,41)/t29?,30-,31?/m1/s1. The largest absolute Gasteiger partial charge is 0.344 e. The number of carbonyl (C=O) groups excluding carboxylic acids is 2. The van der Waals surface area contributed by atoms with Gasteiger partial charge in [0.2, 0.25) is 21.8 Å². The van der Waals surface area contributed by atoms with Gasteiger partial charge in [0.25, 0.3) is 0 Å². The van der Waals surface area contributed by atoms with Crippen molar-refractivity contribution in [1.29, 1.82) is 0 Å². The first-order valence-corrected chi connectivity index (χ1v) is 18.5. The number of fused-ring (bicyclic) bond motifs is 1. The molecule has 2 aromatic carbocycles. The molecule has 2 aliphatic heterocycles. The van der Waals surface area contributed by atoms with Crippen LogP contribution in [0.15, 0.2) is 48.5 Å². The molecule has 2 amide bonds. The third-order valence-electron chi connectivity index (χ3n) is 9.45. The first-order valence-electron chi connectivity index (χ1n) is 16.2. The molecule has 45 heavy (non-hydrogen) atoms. The highest BCUT2D eigenvalue weighted by molar-refractivity contribution is 7.88. The summed E-state index contributed by atoms with van der Waals surface area (Å²) >= 11 is 6.12. The van der Waals surface area contributed by atoms with Crippen LogP contribution in [-0.2, 0) is 32.5 Å². The molecule has 0 aromatic heterocycles. The quantitative estimate of drug-likeness (QED) is 0.259. The number of hydrazine groups is 1. The Kier molecular flexibility index (Phi) is 11.9. The maximum atomic E-state index is 14.0. The van der Waals surface area contributed by atoms with Crippen molar-refractivity contribution in [2.45, 2.75) is 69.5 Å². The Morgan fingerprint density at radius 1 is 1.00 bits per heavy atom. The summed E-state index contributed by atoms with van der Waals surface area (Å²) in [5.41, 5.74) is 6.27. The van der Waals surface area contributed by atoms with E-state index in [4.69, 9.17) is 11.6 Å². The number of nitrogens with zero attached hydrogens (tertiary/aromatic N) is 2. The maximum absolute atomic E-state index is 14.0. The molecule has 246 valence electrons. The molecular formula is C33H47ClN6O4S. The molecule has 1 saturated heterocycles. The molecule has 1 aliphatic carbocycles.